The molecule has 0 saturated carbocycles. The molecule has 6 heteroatoms. The minimum atomic E-state index is 0.998. The molecule has 0 radical (unpaired) electrons. The van der Waals surface area contributed by atoms with E-state index in [-0.39, 0.29) is 0 Å². The van der Waals surface area contributed by atoms with Gasteiger partial charge in [-0.15, -0.1) is 22.7 Å². The first-order chi connectivity index (χ1) is 10.3. The molecule has 0 unspecified atom stereocenters. The van der Waals surface area contributed by atoms with Crippen molar-refractivity contribution in [1.82, 2.24) is 15.2 Å². The SMILES string of the molecule is Cc1ccc(CNCCN2CCN(c3nccs3)CC2)s1. The molecule has 0 aliphatic carbocycles. The van der Waals surface area contributed by atoms with Crippen molar-refractivity contribution in [3.8, 4) is 0 Å². The van der Waals surface area contributed by atoms with Crippen LogP contribution >= 0.6 is 22.7 Å². The van der Waals surface area contributed by atoms with Crippen LogP contribution in [-0.2, 0) is 6.54 Å². The predicted octanol–water partition coefficient (Wildman–Crippen LogP) is 2.42. The zero-order valence-corrected chi connectivity index (χ0v) is 14.1. The van der Waals surface area contributed by atoms with Gasteiger partial charge < -0.3 is 10.2 Å². The summed E-state index contributed by atoms with van der Waals surface area (Å²) in [5, 5.41) is 6.77. The fourth-order valence-corrected chi connectivity index (χ4v) is 4.12. The van der Waals surface area contributed by atoms with Crippen molar-refractivity contribution in [3.63, 3.8) is 0 Å². The van der Waals surface area contributed by atoms with E-state index in [9.17, 15) is 0 Å². The van der Waals surface area contributed by atoms with E-state index in [4.69, 9.17) is 0 Å². The van der Waals surface area contributed by atoms with Gasteiger partial charge in [0.2, 0.25) is 0 Å². The van der Waals surface area contributed by atoms with Crippen LogP contribution in [0.2, 0.25) is 0 Å². The molecule has 3 rings (SSSR count). The highest BCUT2D eigenvalue weighted by Crippen LogP contribution is 2.18. The molecule has 1 aliphatic heterocycles. The van der Waals surface area contributed by atoms with E-state index >= 15 is 0 Å². The largest absolute Gasteiger partial charge is 0.346 e. The van der Waals surface area contributed by atoms with Gasteiger partial charge in [-0.25, -0.2) is 4.98 Å². The van der Waals surface area contributed by atoms with Gasteiger partial charge in [0.05, 0.1) is 0 Å². The number of aryl methyl sites for hydroxylation is 1. The number of piperazine rings is 1. The number of nitrogens with zero attached hydrogens (tertiary/aromatic N) is 3. The second-order valence-corrected chi connectivity index (χ2v) is 7.58. The smallest absolute Gasteiger partial charge is 0.185 e. The van der Waals surface area contributed by atoms with E-state index in [1.165, 1.54) is 14.9 Å². The van der Waals surface area contributed by atoms with Crippen LogP contribution < -0.4 is 10.2 Å². The van der Waals surface area contributed by atoms with Gasteiger partial charge in [-0.1, -0.05) is 0 Å². The highest BCUT2D eigenvalue weighted by Gasteiger charge is 2.17. The summed E-state index contributed by atoms with van der Waals surface area (Å²) in [5.41, 5.74) is 0. The third-order valence-electron chi connectivity index (χ3n) is 3.76. The van der Waals surface area contributed by atoms with E-state index in [0.717, 1.165) is 45.8 Å². The Balaban J connectivity index is 1.32. The molecule has 4 nitrogen and oxygen atoms in total. The highest BCUT2D eigenvalue weighted by molar-refractivity contribution is 7.13. The Morgan fingerprint density at radius 1 is 1.24 bits per heavy atom. The minimum absolute atomic E-state index is 0.998. The predicted molar refractivity (Wildman–Crippen MR) is 91.5 cm³/mol. The van der Waals surface area contributed by atoms with Crippen molar-refractivity contribution in [2.75, 3.05) is 44.2 Å². The van der Waals surface area contributed by atoms with Crippen LogP contribution in [-0.4, -0.2) is 49.2 Å². The van der Waals surface area contributed by atoms with Gasteiger partial charge in [-0.3, -0.25) is 4.90 Å². The Morgan fingerprint density at radius 2 is 2.10 bits per heavy atom. The number of thiazole rings is 1. The second kappa shape index (κ2) is 7.35. The van der Waals surface area contributed by atoms with E-state index in [0.29, 0.717) is 0 Å². The van der Waals surface area contributed by atoms with Crippen LogP contribution in [0.1, 0.15) is 9.75 Å². The lowest BCUT2D eigenvalue weighted by Crippen LogP contribution is -2.48. The summed E-state index contributed by atoms with van der Waals surface area (Å²) in [7, 11) is 0. The first-order valence-electron chi connectivity index (χ1n) is 7.44. The number of anilines is 1. The summed E-state index contributed by atoms with van der Waals surface area (Å²) in [4.78, 5) is 12.1. The monoisotopic (exact) mass is 322 g/mol. The van der Waals surface area contributed by atoms with Crippen molar-refractivity contribution in [3.05, 3.63) is 33.5 Å². The van der Waals surface area contributed by atoms with Crippen LogP contribution in [0, 0.1) is 6.92 Å². The second-order valence-electron chi connectivity index (χ2n) is 5.33. The quantitative estimate of drug-likeness (QED) is 0.828. The van der Waals surface area contributed by atoms with Gasteiger partial charge in [-0.05, 0) is 19.1 Å². The normalized spacial score (nSPS) is 16.5. The number of rotatable bonds is 6. The average molecular weight is 323 g/mol. The average Bonchev–Trinajstić information content (AvgIpc) is 3.16. The summed E-state index contributed by atoms with van der Waals surface area (Å²) >= 11 is 3.62. The van der Waals surface area contributed by atoms with Crippen LogP contribution in [0.4, 0.5) is 5.13 Å². The summed E-state index contributed by atoms with van der Waals surface area (Å²) in [5.74, 6) is 0. The number of nitrogens with one attached hydrogen (secondary N) is 1. The fourth-order valence-electron chi connectivity index (χ4n) is 2.56. The first-order valence-corrected chi connectivity index (χ1v) is 9.14. The summed E-state index contributed by atoms with van der Waals surface area (Å²) in [6.07, 6.45) is 1.89. The maximum atomic E-state index is 4.39. The third-order valence-corrected chi connectivity index (χ3v) is 5.60. The molecule has 3 heterocycles. The molecule has 0 atom stereocenters. The fraction of sp³-hybridized carbons (Fsp3) is 0.533. The number of thiophene rings is 1. The van der Waals surface area contributed by atoms with Gasteiger partial charge in [0.25, 0.3) is 0 Å². The van der Waals surface area contributed by atoms with E-state index in [1.807, 2.05) is 17.5 Å². The van der Waals surface area contributed by atoms with Crippen molar-refractivity contribution in [2.45, 2.75) is 13.5 Å². The highest BCUT2D eigenvalue weighted by atomic mass is 32.1. The van der Waals surface area contributed by atoms with E-state index in [2.05, 4.69) is 44.5 Å². The lowest BCUT2D eigenvalue weighted by atomic mass is 10.3. The molecule has 114 valence electrons. The van der Waals surface area contributed by atoms with Gasteiger partial charge in [0.1, 0.15) is 0 Å². The number of hydrogen-bond acceptors (Lipinski definition) is 6. The topological polar surface area (TPSA) is 31.4 Å². The van der Waals surface area contributed by atoms with Crippen LogP contribution in [0.25, 0.3) is 0 Å². The Hall–Kier alpha value is -0.950. The van der Waals surface area contributed by atoms with Crippen molar-refractivity contribution in [1.29, 1.82) is 0 Å². The minimum Gasteiger partial charge on any atom is -0.346 e. The Kier molecular flexibility index (Phi) is 5.24. The molecule has 1 fully saturated rings. The lowest BCUT2D eigenvalue weighted by molar-refractivity contribution is 0.257. The molecule has 0 bridgehead atoms. The molecule has 2 aromatic heterocycles. The Morgan fingerprint density at radius 3 is 2.76 bits per heavy atom. The lowest BCUT2D eigenvalue weighted by Gasteiger charge is -2.34. The van der Waals surface area contributed by atoms with Gasteiger partial charge in [0.15, 0.2) is 5.13 Å². The molecule has 2 aromatic rings. The molecular weight excluding hydrogens is 300 g/mol. The third kappa shape index (κ3) is 4.26. The van der Waals surface area contributed by atoms with Gasteiger partial charge >= 0.3 is 0 Å². The summed E-state index contributed by atoms with van der Waals surface area (Å²) in [6, 6.07) is 4.42. The Labute approximate surface area is 134 Å². The maximum absolute atomic E-state index is 4.39. The van der Waals surface area contributed by atoms with E-state index < -0.39 is 0 Å². The number of aromatic nitrogens is 1. The molecule has 0 amide bonds. The zero-order chi connectivity index (χ0) is 14.5. The van der Waals surface area contributed by atoms with Gasteiger partial charge in [-0.2, -0.15) is 0 Å². The maximum Gasteiger partial charge on any atom is 0.185 e. The zero-order valence-electron chi connectivity index (χ0n) is 12.4. The van der Waals surface area contributed by atoms with E-state index in [1.54, 1.807) is 11.3 Å². The molecule has 0 spiro atoms. The molecular formula is C15H22N4S2. The summed E-state index contributed by atoms with van der Waals surface area (Å²) in [6.45, 7) is 9.83. The van der Waals surface area contributed by atoms with Crippen LogP contribution in [0.5, 0.6) is 0 Å². The molecule has 1 aliphatic rings. The summed E-state index contributed by atoms with van der Waals surface area (Å²) < 4.78 is 0. The molecule has 1 N–H and O–H groups in total. The van der Waals surface area contributed by atoms with Crippen molar-refractivity contribution >= 4 is 27.8 Å². The van der Waals surface area contributed by atoms with Crippen molar-refractivity contribution in [2.24, 2.45) is 0 Å². The molecule has 0 aromatic carbocycles. The standard InChI is InChI=1S/C15H22N4S2/c1-13-2-3-14(21-13)12-16-4-6-18-7-9-19(10-8-18)15-17-5-11-20-15/h2-3,5,11,16H,4,6-10,12H2,1H3. The van der Waals surface area contributed by atoms with Crippen LogP contribution in [0.15, 0.2) is 23.7 Å². The van der Waals surface area contributed by atoms with Crippen LogP contribution in [0.3, 0.4) is 0 Å². The molecule has 1 saturated heterocycles. The Bertz CT molecular complexity index is 530. The molecule has 21 heavy (non-hydrogen) atoms. The first kappa shape index (κ1) is 15.0. The van der Waals surface area contributed by atoms with Gasteiger partial charge in [0, 0.05) is 67.1 Å². The van der Waals surface area contributed by atoms with Crippen molar-refractivity contribution < 1.29 is 0 Å². The number of hydrogen-bond donors (Lipinski definition) is 1.